The van der Waals surface area contributed by atoms with Crippen molar-refractivity contribution in [3.8, 4) is 0 Å². The van der Waals surface area contributed by atoms with E-state index < -0.39 is 0 Å². The van der Waals surface area contributed by atoms with Crippen LogP contribution in [-0.2, 0) is 0 Å². The molecule has 2 heterocycles. The molecule has 0 N–H and O–H groups in total. The van der Waals surface area contributed by atoms with Gasteiger partial charge in [-0.25, -0.2) is 8.78 Å². The van der Waals surface area contributed by atoms with Crippen molar-refractivity contribution < 1.29 is 8.78 Å². The first-order chi connectivity index (χ1) is 17.5. The lowest BCUT2D eigenvalue weighted by atomic mass is 9.95. The van der Waals surface area contributed by atoms with Gasteiger partial charge in [-0.15, -0.1) is 0 Å². The zero-order valence-corrected chi connectivity index (χ0v) is 23.6. The molecule has 0 aromatic heterocycles. The Balaban J connectivity index is 0.000000211. The molecule has 4 atom stereocenters. The third kappa shape index (κ3) is 6.52. The highest BCUT2D eigenvalue weighted by Gasteiger charge is 2.38. The normalized spacial score (nSPS) is 25.2. The van der Waals surface area contributed by atoms with Crippen LogP contribution < -0.4 is 0 Å². The molecule has 4 bridgehead atoms. The van der Waals surface area contributed by atoms with Gasteiger partial charge in [-0.3, -0.25) is 9.80 Å². The van der Waals surface area contributed by atoms with Gasteiger partial charge >= 0.3 is 0 Å². The highest BCUT2D eigenvalue weighted by Crippen LogP contribution is 2.42. The van der Waals surface area contributed by atoms with Crippen molar-refractivity contribution in [1.82, 2.24) is 9.80 Å². The third-order valence-electron chi connectivity index (χ3n) is 7.14. The Morgan fingerprint density at radius 1 is 0.639 bits per heavy atom. The van der Waals surface area contributed by atoms with Gasteiger partial charge in [0.1, 0.15) is 11.6 Å². The second-order valence-electron chi connectivity index (χ2n) is 9.09. The second-order valence-corrected chi connectivity index (χ2v) is 9.09. The van der Waals surface area contributed by atoms with Crippen molar-refractivity contribution in [1.29, 1.82) is 0 Å². The zero-order valence-electron chi connectivity index (χ0n) is 23.6. The summed E-state index contributed by atoms with van der Waals surface area (Å²) in [6, 6.07) is 15.2. The summed E-state index contributed by atoms with van der Waals surface area (Å²) in [4.78, 5) is 4.67. The molecule has 2 aliphatic heterocycles. The summed E-state index contributed by atoms with van der Waals surface area (Å²) < 4.78 is 27.2. The monoisotopic (exact) mass is 496 g/mol. The molecule has 2 fully saturated rings. The number of fused-ring (bicyclic) bond motifs is 4. The lowest BCUT2D eigenvalue weighted by Crippen LogP contribution is -2.28. The van der Waals surface area contributed by atoms with E-state index >= 15 is 0 Å². The van der Waals surface area contributed by atoms with Crippen molar-refractivity contribution in [2.45, 2.75) is 66.5 Å². The van der Waals surface area contributed by atoms with Gasteiger partial charge in [0.2, 0.25) is 0 Å². The van der Waals surface area contributed by atoms with Crippen LogP contribution in [0.15, 0.2) is 60.7 Å². The highest BCUT2D eigenvalue weighted by atomic mass is 19.1. The molecule has 4 aliphatic rings. The number of hydrogen-bond donors (Lipinski definition) is 0. The summed E-state index contributed by atoms with van der Waals surface area (Å²) >= 11 is 0. The minimum atomic E-state index is -0.0929. The fourth-order valence-corrected chi connectivity index (χ4v) is 5.65. The predicted molar refractivity (Wildman–Crippen MR) is 152 cm³/mol. The molecule has 2 nitrogen and oxygen atoms in total. The van der Waals surface area contributed by atoms with Crippen molar-refractivity contribution in [3.05, 3.63) is 83.4 Å². The molecule has 0 spiro atoms. The first-order valence-electron chi connectivity index (χ1n) is 13.8. The Morgan fingerprint density at radius 2 is 1.17 bits per heavy atom. The van der Waals surface area contributed by atoms with E-state index in [0.717, 1.165) is 24.2 Å². The van der Waals surface area contributed by atoms with E-state index in [4.69, 9.17) is 0 Å². The Kier molecular flexibility index (Phi) is 12.0. The summed E-state index contributed by atoms with van der Waals surface area (Å²) in [7, 11) is 4.26. The van der Waals surface area contributed by atoms with Gasteiger partial charge in [0.15, 0.2) is 0 Å². The average molecular weight is 497 g/mol. The Labute approximate surface area is 218 Å². The van der Waals surface area contributed by atoms with E-state index in [-0.39, 0.29) is 11.6 Å². The number of hydrogen-bond acceptors (Lipinski definition) is 2. The van der Waals surface area contributed by atoms with Crippen LogP contribution in [0.3, 0.4) is 0 Å². The van der Waals surface area contributed by atoms with Gasteiger partial charge < -0.3 is 0 Å². The van der Waals surface area contributed by atoms with Gasteiger partial charge in [-0.2, -0.15) is 0 Å². The van der Waals surface area contributed by atoms with Crippen LogP contribution in [0.5, 0.6) is 0 Å². The number of likely N-dealkylation sites (tertiary alicyclic amines) is 2. The summed E-state index contributed by atoms with van der Waals surface area (Å²) in [5, 5.41) is 0. The first kappa shape index (κ1) is 29.9. The van der Waals surface area contributed by atoms with E-state index in [2.05, 4.69) is 36.0 Å². The number of halogens is 2. The minimum Gasteiger partial charge on any atom is -0.299 e. The molecule has 2 aliphatic carbocycles. The molecule has 0 saturated carbocycles. The topological polar surface area (TPSA) is 6.48 Å². The van der Waals surface area contributed by atoms with Gasteiger partial charge in [0.05, 0.1) is 0 Å². The van der Waals surface area contributed by atoms with Crippen molar-refractivity contribution >= 4 is 11.1 Å². The summed E-state index contributed by atoms with van der Waals surface area (Å²) in [6.07, 6.45) is 6.82. The van der Waals surface area contributed by atoms with Crippen molar-refractivity contribution in [2.24, 2.45) is 11.8 Å². The van der Waals surface area contributed by atoms with Crippen LogP contribution in [0.25, 0.3) is 11.1 Å². The molecule has 36 heavy (non-hydrogen) atoms. The summed E-state index contributed by atoms with van der Waals surface area (Å²) in [6.45, 7) is 14.2. The second kappa shape index (κ2) is 14.4. The maximum atomic E-state index is 13.6. The molecule has 4 heteroatoms. The Morgan fingerprint density at radius 3 is 1.58 bits per heavy atom. The quantitative estimate of drug-likeness (QED) is 0.414. The largest absolute Gasteiger partial charge is 0.299 e. The average Bonchev–Trinajstić information content (AvgIpc) is 3.69. The highest BCUT2D eigenvalue weighted by molar-refractivity contribution is 5.73. The van der Waals surface area contributed by atoms with Crippen LogP contribution in [0.1, 0.15) is 65.5 Å². The van der Waals surface area contributed by atoms with Crippen LogP contribution >= 0.6 is 0 Å². The smallest absolute Gasteiger partial charge is 0.130 e. The lowest BCUT2D eigenvalue weighted by Gasteiger charge is -2.24. The van der Waals surface area contributed by atoms with Crippen LogP contribution in [0.4, 0.5) is 8.78 Å². The standard InChI is InChI=1S/2C13H14FN.3C2H6/c1-15-8-9-6-10(15)7-12(9)11-4-2-3-5-13(11)14;1-15-8-9-6-11(13(15)7-9)10-4-2-3-5-12(10)14;3*1-2/h2-5,7,9-10H,6,8H2,1H3;2-6,9,13H,7-8H2,1H3;3*1-2H3. The van der Waals surface area contributed by atoms with Gasteiger partial charge in [-0.1, -0.05) is 90.1 Å². The summed E-state index contributed by atoms with van der Waals surface area (Å²) in [5.74, 6) is 0.996. The Bertz CT molecular complexity index is 1010. The molecule has 6 rings (SSSR count). The minimum absolute atomic E-state index is 0.0843. The zero-order chi connectivity index (χ0) is 26.8. The molecule has 4 unspecified atom stereocenters. The third-order valence-corrected chi connectivity index (χ3v) is 7.14. The van der Waals surface area contributed by atoms with E-state index in [1.54, 1.807) is 24.3 Å². The lowest BCUT2D eigenvalue weighted by molar-refractivity contribution is 0.347. The molecular weight excluding hydrogens is 450 g/mol. The number of likely N-dealkylation sites (N-methyl/N-ethyl adjacent to an activating group) is 2. The maximum absolute atomic E-state index is 13.6. The van der Waals surface area contributed by atoms with E-state index in [1.165, 1.54) is 24.0 Å². The maximum Gasteiger partial charge on any atom is 0.130 e. The molecular formula is C32H46F2N2. The van der Waals surface area contributed by atoms with Gasteiger partial charge in [0, 0.05) is 36.3 Å². The number of nitrogens with zero attached hydrogens (tertiary/aromatic N) is 2. The molecule has 2 aromatic carbocycles. The van der Waals surface area contributed by atoms with Crippen LogP contribution in [-0.4, -0.2) is 49.1 Å². The summed E-state index contributed by atoms with van der Waals surface area (Å²) in [5.41, 5.74) is 4.00. The molecule has 2 saturated heterocycles. The van der Waals surface area contributed by atoms with E-state index in [0.29, 0.717) is 23.9 Å². The van der Waals surface area contributed by atoms with Gasteiger partial charge in [0.25, 0.3) is 0 Å². The molecule has 0 amide bonds. The molecule has 198 valence electrons. The van der Waals surface area contributed by atoms with Gasteiger partial charge in [-0.05, 0) is 62.1 Å². The fraction of sp³-hybridized carbons (Fsp3) is 0.500. The van der Waals surface area contributed by atoms with Crippen molar-refractivity contribution in [2.75, 3.05) is 27.2 Å². The predicted octanol–water partition coefficient (Wildman–Crippen LogP) is 8.16. The SMILES string of the molecule is CC.CC.CC.CN1CC2C=C(c3ccccc3F)C1C2.CN1CC2CC1C=C2c1ccccc1F. The van der Waals surface area contributed by atoms with Crippen LogP contribution in [0, 0.1) is 23.5 Å². The van der Waals surface area contributed by atoms with E-state index in [1.807, 2.05) is 65.8 Å². The van der Waals surface area contributed by atoms with Crippen LogP contribution in [0.2, 0.25) is 0 Å². The molecule has 2 aromatic rings. The van der Waals surface area contributed by atoms with E-state index in [9.17, 15) is 8.78 Å². The number of rotatable bonds is 2. The molecule has 0 radical (unpaired) electrons. The first-order valence-corrected chi connectivity index (χ1v) is 13.8. The Hall–Kier alpha value is -2.30. The van der Waals surface area contributed by atoms with Crippen molar-refractivity contribution in [3.63, 3.8) is 0 Å². The fourth-order valence-electron chi connectivity index (χ4n) is 5.65. The number of benzene rings is 2.